The third kappa shape index (κ3) is 3.04. The van der Waals surface area contributed by atoms with E-state index in [2.05, 4.69) is 25.9 Å². The Kier molecular flexibility index (Phi) is 3.88. The number of hydrogen-bond donors (Lipinski definition) is 2. The maximum Gasteiger partial charge on any atom is 0.225 e. The van der Waals surface area contributed by atoms with Crippen molar-refractivity contribution in [2.45, 2.75) is 19.4 Å². The molecule has 7 heteroatoms. The van der Waals surface area contributed by atoms with Crippen molar-refractivity contribution in [3.05, 3.63) is 40.7 Å². The maximum atomic E-state index is 11.8. The molecule has 2 rings (SSSR count). The third-order valence-electron chi connectivity index (χ3n) is 2.44. The summed E-state index contributed by atoms with van der Waals surface area (Å²) in [6, 6.07) is 6.95. The topological polar surface area (TPSA) is 83.6 Å². The number of nitrogens with zero attached hydrogens (tertiary/aromatic N) is 3. The lowest BCUT2D eigenvalue weighted by Crippen LogP contribution is -2.28. The summed E-state index contributed by atoms with van der Waals surface area (Å²) in [7, 11) is 0. The monoisotopic (exact) mass is 265 g/mol. The lowest BCUT2D eigenvalue weighted by molar-refractivity contribution is -0.121. The van der Waals surface area contributed by atoms with Gasteiger partial charge in [-0.1, -0.05) is 35.0 Å². The van der Waals surface area contributed by atoms with E-state index in [4.69, 9.17) is 11.6 Å². The Morgan fingerprint density at radius 1 is 1.50 bits per heavy atom. The number of nitrogens with one attached hydrogen (secondary N) is 2. The van der Waals surface area contributed by atoms with Gasteiger partial charge in [-0.3, -0.25) is 4.79 Å². The van der Waals surface area contributed by atoms with Crippen molar-refractivity contribution < 1.29 is 4.79 Å². The van der Waals surface area contributed by atoms with Crippen molar-refractivity contribution in [3.8, 4) is 0 Å². The average molecular weight is 266 g/mol. The van der Waals surface area contributed by atoms with Crippen molar-refractivity contribution in [2.24, 2.45) is 0 Å². The van der Waals surface area contributed by atoms with E-state index in [0.717, 1.165) is 5.56 Å². The van der Waals surface area contributed by atoms with Gasteiger partial charge < -0.3 is 5.32 Å². The number of carbonyl (C=O) groups is 1. The second-order valence-electron chi connectivity index (χ2n) is 3.83. The van der Waals surface area contributed by atoms with E-state index >= 15 is 0 Å². The molecule has 0 saturated carbocycles. The van der Waals surface area contributed by atoms with Gasteiger partial charge in [-0.15, -0.1) is 10.2 Å². The predicted octanol–water partition coefficient (Wildman–Crippen LogP) is 1.27. The highest BCUT2D eigenvalue weighted by Crippen LogP contribution is 2.15. The molecule has 1 amide bonds. The molecule has 0 saturated heterocycles. The van der Waals surface area contributed by atoms with E-state index in [1.807, 2.05) is 18.2 Å². The van der Waals surface area contributed by atoms with Gasteiger partial charge in [-0.05, 0) is 18.6 Å². The van der Waals surface area contributed by atoms with Crippen LogP contribution in [-0.4, -0.2) is 26.5 Å². The van der Waals surface area contributed by atoms with Gasteiger partial charge in [0.25, 0.3) is 0 Å². The minimum Gasteiger partial charge on any atom is -0.346 e. The molecule has 1 heterocycles. The van der Waals surface area contributed by atoms with Gasteiger partial charge >= 0.3 is 0 Å². The first-order valence-corrected chi connectivity index (χ1v) is 5.80. The van der Waals surface area contributed by atoms with Gasteiger partial charge in [0.05, 0.1) is 12.5 Å². The average Bonchev–Trinajstić information content (AvgIpc) is 2.85. The third-order valence-corrected chi connectivity index (χ3v) is 2.80. The number of amides is 1. The zero-order valence-electron chi connectivity index (χ0n) is 9.72. The molecule has 0 fully saturated rings. The number of halogens is 1. The molecule has 1 aromatic heterocycles. The van der Waals surface area contributed by atoms with Crippen molar-refractivity contribution in [2.75, 3.05) is 0 Å². The number of aromatic amines is 1. The van der Waals surface area contributed by atoms with Crippen LogP contribution in [-0.2, 0) is 11.2 Å². The van der Waals surface area contributed by atoms with Crippen LogP contribution in [0.4, 0.5) is 0 Å². The summed E-state index contributed by atoms with van der Waals surface area (Å²) < 4.78 is 0. The van der Waals surface area contributed by atoms with Crippen molar-refractivity contribution in [3.63, 3.8) is 0 Å². The molecule has 0 aliphatic carbocycles. The molecule has 6 nitrogen and oxygen atoms in total. The molecule has 0 aliphatic rings. The Morgan fingerprint density at radius 2 is 2.28 bits per heavy atom. The summed E-state index contributed by atoms with van der Waals surface area (Å²) in [5, 5.41) is 16.8. The van der Waals surface area contributed by atoms with Crippen LogP contribution < -0.4 is 5.32 Å². The van der Waals surface area contributed by atoms with Crippen LogP contribution in [0.1, 0.15) is 24.4 Å². The number of carbonyl (C=O) groups excluding carboxylic acids is 1. The number of aromatic nitrogens is 4. The normalized spacial score (nSPS) is 12.1. The molecule has 2 N–H and O–H groups in total. The molecule has 2 aromatic rings. The van der Waals surface area contributed by atoms with E-state index < -0.39 is 0 Å². The standard InChI is InChI=1S/C11H12ClN5O/c1-7(11-14-16-17-15-11)13-10(18)6-8-4-2-3-5-9(8)12/h2-5,7H,6H2,1H3,(H,13,18)(H,14,15,16,17). The Bertz CT molecular complexity index is 528. The molecule has 1 atom stereocenters. The Labute approximate surface area is 109 Å². The van der Waals surface area contributed by atoms with Crippen LogP contribution in [0, 0.1) is 0 Å². The number of benzene rings is 1. The molecule has 1 aromatic carbocycles. The summed E-state index contributed by atoms with van der Waals surface area (Å²) in [6.07, 6.45) is 0.224. The number of tetrazole rings is 1. The molecule has 94 valence electrons. The van der Waals surface area contributed by atoms with E-state index in [1.54, 1.807) is 13.0 Å². The fourth-order valence-electron chi connectivity index (χ4n) is 1.52. The van der Waals surface area contributed by atoms with Crippen LogP contribution in [0.2, 0.25) is 5.02 Å². The van der Waals surface area contributed by atoms with Crippen LogP contribution in [0.15, 0.2) is 24.3 Å². The quantitative estimate of drug-likeness (QED) is 0.872. The molecule has 18 heavy (non-hydrogen) atoms. The van der Waals surface area contributed by atoms with Crippen LogP contribution >= 0.6 is 11.6 Å². The first kappa shape index (κ1) is 12.5. The summed E-state index contributed by atoms with van der Waals surface area (Å²) in [6.45, 7) is 1.79. The van der Waals surface area contributed by atoms with Crippen LogP contribution in [0.3, 0.4) is 0 Å². The second-order valence-corrected chi connectivity index (χ2v) is 4.23. The zero-order valence-corrected chi connectivity index (χ0v) is 10.5. The SMILES string of the molecule is CC(NC(=O)Cc1ccccc1Cl)c1nn[nH]n1. The number of rotatable bonds is 4. The van der Waals surface area contributed by atoms with Gasteiger partial charge in [0.2, 0.25) is 5.91 Å². The van der Waals surface area contributed by atoms with Crippen LogP contribution in [0.25, 0.3) is 0 Å². The van der Waals surface area contributed by atoms with E-state index in [9.17, 15) is 4.79 Å². The predicted molar refractivity (Wildman–Crippen MR) is 65.9 cm³/mol. The van der Waals surface area contributed by atoms with Gasteiger partial charge in [0, 0.05) is 5.02 Å². The molecule has 1 unspecified atom stereocenters. The smallest absolute Gasteiger partial charge is 0.225 e. The van der Waals surface area contributed by atoms with Gasteiger partial charge in [-0.2, -0.15) is 5.21 Å². The molecule has 0 aliphatic heterocycles. The minimum absolute atomic E-state index is 0.139. The largest absolute Gasteiger partial charge is 0.346 e. The Morgan fingerprint density at radius 3 is 2.94 bits per heavy atom. The summed E-state index contributed by atoms with van der Waals surface area (Å²) in [5.74, 6) is 0.308. The molecule has 0 radical (unpaired) electrons. The molecule has 0 bridgehead atoms. The highest BCUT2D eigenvalue weighted by Gasteiger charge is 2.14. The second kappa shape index (κ2) is 5.59. The van der Waals surface area contributed by atoms with E-state index in [1.165, 1.54) is 0 Å². The first-order valence-electron chi connectivity index (χ1n) is 5.43. The number of H-pyrrole nitrogens is 1. The minimum atomic E-state index is -0.293. The van der Waals surface area contributed by atoms with Crippen LogP contribution in [0.5, 0.6) is 0 Å². The van der Waals surface area contributed by atoms with Gasteiger partial charge in [0.1, 0.15) is 0 Å². The Hall–Kier alpha value is -1.95. The highest BCUT2D eigenvalue weighted by atomic mass is 35.5. The van der Waals surface area contributed by atoms with E-state index in [-0.39, 0.29) is 18.4 Å². The number of hydrogen-bond acceptors (Lipinski definition) is 4. The molecule has 0 spiro atoms. The molecular weight excluding hydrogens is 254 g/mol. The fourth-order valence-corrected chi connectivity index (χ4v) is 1.73. The summed E-state index contributed by atoms with van der Waals surface area (Å²) >= 11 is 5.98. The van der Waals surface area contributed by atoms with E-state index in [0.29, 0.717) is 10.8 Å². The maximum absolute atomic E-state index is 11.8. The highest BCUT2D eigenvalue weighted by molar-refractivity contribution is 6.31. The lowest BCUT2D eigenvalue weighted by atomic mass is 10.1. The lowest BCUT2D eigenvalue weighted by Gasteiger charge is -2.10. The first-order chi connectivity index (χ1) is 8.66. The van der Waals surface area contributed by atoms with Gasteiger partial charge in [0.15, 0.2) is 5.82 Å². The van der Waals surface area contributed by atoms with Crippen molar-refractivity contribution >= 4 is 17.5 Å². The zero-order chi connectivity index (χ0) is 13.0. The molecular formula is C11H12ClN5O. The van der Waals surface area contributed by atoms with Crippen molar-refractivity contribution in [1.29, 1.82) is 0 Å². The summed E-state index contributed by atoms with van der Waals surface area (Å²) in [4.78, 5) is 11.8. The van der Waals surface area contributed by atoms with Crippen molar-refractivity contribution in [1.82, 2.24) is 25.9 Å². The Balaban J connectivity index is 1.95. The van der Waals surface area contributed by atoms with Gasteiger partial charge in [-0.25, -0.2) is 0 Å². The fraction of sp³-hybridized carbons (Fsp3) is 0.273. The summed E-state index contributed by atoms with van der Waals surface area (Å²) in [5.41, 5.74) is 0.789.